The molecule has 7 nitrogen and oxygen atoms in total. The van der Waals surface area contributed by atoms with Crippen molar-refractivity contribution >= 4 is 21.9 Å². The number of likely N-dealkylation sites (tertiary alicyclic amines) is 1. The summed E-state index contributed by atoms with van der Waals surface area (Å²) in [5, 5.41) is 0. The number of carbonyl (C=O) groups excluding carboxylic acids is 2. The number of esters is 1. The van der Waals surface area contributed by atoms with Crippen LogP contribution in [0.4, 0.5) is 0 Å². The highest BCUT2D eigenvalue weighted by Gasteiger charge is 2.42. The van der Waals surface area contributed by atoms with Crippen molar-refractivity contribution in [1.82, 2.24) is 9.62 Å². The zero-order chi connectivity index (χ0) is 21.7. The lowest BCUT2D eigenvalue weighted by molar-refractivity contribution is -0.151. The molecule has 1 saturated heterocycles. The number of hydrogen-bond donors (Lipinski definition) is 1. The Morgan fingerprint density at radius 1 is 1.03 bits per heavy atom. The zero-order valence-electron chi connectivity index (χ0n) is 17.0. The minimum Gasteiger partial charge on any atom is -0.467 e. The Bertz CT molecular complexity index is 940. The number of benzene rings is 2. The highest BCUT2D eigenvalue weighted by atomic mass is 32.2. The van der Waals surface area contributed by atoms with Gasteiger partial charge in [0.05, 0.1) is 13.4 Å². The first-order valence-electron chi connectivity index (χ1n) is 9.77. The van der Waals surface area contributed by atoms with Gasteiger partial charge in [-0.15, -0.1) is 0 Å². The van der Waals surface area contributed by atoms with Crippen molar-refractivity contribution in [3.8, 4) is 0 Å². The Hall–Kier alpha value is -2.71. The van der Waals surface area contributed by atoms with Gasteiger partial charge < -0.3 is 9.64 Å². The maximum atomic E-state index is 13.6. The highest BCUT2D eigenvalue weighted by molar-refractivity contribution is 7.88. The molecular formula is C22H26N2O5S. The molecule has 0 spiro atoms. The first kappa shape index (κ1) is 22.0. The summed E-state index contributed by atoms with van der Waals surface area (Å²) in [6.45, 7) is 0.372. The van der Waals surface area contributed by atoms with E-state index in [1.807, 2.05) is 60.7 Å². The second kappa shape index (κ2) is 9.40. The van der Waals surface area contributed by atoms with E-state index in [1.54, 1.807) is 0 Å². The molecule has 2 atom stereocenters. The van der Waals surface area contributed by atoms with E-state index in [0.717, 1.165) is 17.4 Å². The normalized spacial score (nSPS) is 17.7. The third-order valence-electron chi connectivity index (χ3n) is 5.27. The number of carbonyl (C=O) groups is 2. The number of nitrogens with one attached hydrogen (secondary N) is 1. The lowest BCUT2D eigenvalue weighted by Gasteiger charge is -2.32. The lowest BCUT2D eigenvalue weighted by Crippen LogP contribution is -2.54. The van der Waals surface area contributed by atoms with Crippen LogP contribution in [0.5, 0.6) is 0 Å². The van der Waals surface area contributed by atoms with E-state index in [1.165, 1.54) is 12.0 Å². The Labute approximate surface area is 177 Å². The lowest BCUT2D eigenvalue weighted by atomic mass is 9.84. The third kappa shape index (κ3) is 5.06. The number of methoxy groups -OCH3 is 1. The molecule has 30 heavy (non-hydrogen) atoms. The summed E-state index contributed by atoms with van der Waals surface area (Å²) in [5.74, 6) is -1.49. The summed E-state index contributed by atoms with van der Waals surface area (Å²) in [6.07, 6.45) is 2.17. The van der Waals surface area contributed by atoms with Gasteiger partial charge in [0, 0.05) is 12.5 Å². The molecule has 160 valence electrons. The molecule has 0 aliphatic carbocycles. The van der Waals surface area contributed by atoms with Crippen LogP contribution in [0.2, 0.25) is 0 Å². The van der Waals surface area contributed by atoms with Crippen molar-refractivity contribution in [2.75, 3.05) is 19.9 Å². The van der Waals surface area contributed by atoms with Crippen LogP contribution in [-0.4, -0.2) is 57.2 Å². The average Bonchev–Trinajstić information content (AvgIpc) is 3.23. The summed E-state index contributed by atoms with van der Waals surface area (Å²) in [6, 6.07) is 16.8. The van der Waals surface area contributed by atoms with Gasteiger partial charge in [0.25, 0.3) is 0 Å². The van der Waals surface area contributed by atoms with Crippen LogP contribution in [0.1, 0.15) is 29.9 Å². The number of ether oxygens (including phenoxy) is 1. The van der Waals surface area contributed by atoms with Crippen LogP contribution in [0.25, 0.3) is 0 Å². The standard InChI is InChI=1S/C22H26N2O5S/c1-29-22(26)18-14-9-15-24(18)21(25)20(23-30(2,27)28)19(16-10-5-3-6-11-16)17-12-7-4-8-13-17/h3-8,10-13,18-20,23H,9,14-15H2,1-2H3/t18-,20+/m0/s1. The maximum Gasteiger partial charge on any atom is 0.328 e. The monoisotopic (exact) mass is 430 g/mol. The molecule has 2 aromatic carbocycles. The van der Waals surface area contributed by atoms with E-state index in [4.69, 9.17) is 4.74 Å². The fraction of sp³-hybridized carbons (Fsp3) is 0.364. The van der Waals surface area contributed by atoms with Gasteiger partial charge in [0.2, 0.25) is 15.9 Å². The zero-order valence-corrected chi connectivity index (χ0v) is 17.8. The summed E-state index contributed by atoms with van der Waals surface area (Å²) in [7, 11) is -2.43. The van der Waals surface area contributed by atoms with Gasteiger partial charge >= 0.3 is 5.97 Å². The van der Waals surface area contributed by atoms with Crippen LogP contribution in [-0.2, 0) is 24.3 Å². The van der Waals surface area contributed by atoms with Crippen molar-refractivity contribution in [1.29, 1.82) is 0 Å². The quantitative estimate of drug-likeness (QED) is 0.678. The first-order valence-corrected chi connectivity index (χ1v) is 11.7. The van der Waals surface area contributed by atoms with E-state index in [9.17, 15) is 18.0 Å². The van der Waals surface area contributed by atoms with Gasteiger partial charge in [0.15, 0.2) is 0 Å². The molecule has 1 amide bonds. The van der Waals surface area contributed by atoms with Crippen molar-refractivity contribution in [3.63, 3.8) is 0 Å². The van der Waals surface area contributed by atoms with Gasteiger partial charge in [-0.2, -0.15) is 0 Å². The Morgan fingerprint density at radius 3 is 2.03 bits per heavy atom. The Balaban J connectivity index is 2.08. The first-order chi connectivity index (χ1) is 14.3. The predicted molar refractivity (Wildman–Crippen MR) is 113 cm³/mol. The fourth-order valence-corrected chi connectivity index (χ4v) is 4.68. The second-order valence-corrected chi connectivity index (χ2v) is 9.16. The van der Waals surface area contributed by atoms with E-state index in [2.05, 4.69) is 4.72 Å². The average molecular weight is 431 g/mol. The van der Waals surface area contributed by atoms with Crippen LogP contribution in [0, 0.1) is 0 Å². The second-order valence-electron chi connectivity index (χ2n) is 7.38. The molecule has 0 saturated carbocycles. The number of nitrogens with zero attached hydrogens (tertiary/aromatic N) is 1. The molecule has 0 radical (unpaired) electrons. The SMILES string of the molecule is COC(=O)[C@@H]1CCCN1C(=O)[C@H](NS(C)(=O)=O)C(c1ccccc1)c1ccccc1. The van der Waals surface area contributed by atoms with Crippen LogP contribution >= 0.6 is 0 Å². The molecule has 1 aliphatic heterocycles. The fourth-order valence-electron chi connectivity index (χ4n) is 3.98. The molecule has 1 fully saturated rings. The van der Waals surface area contributed by atoms with Crippen LogP contribution < -0.4 is 4.72 Å². The number of rotatable bonds is 7. The summed E-state index contributed by atoms with van der Waals surface area (Å²) in [5.41, 5.74) is 1.60. The molecule has 8 heteroatoms. The molecule has 3 rings (SSSR count). The molecule has 1 N–H and O–H groups in total. The minimum absolute atomic E-state index is 0.372. The topological polar surface area (TPSA) is 92.8 Å². The van der Waals surface area contributed by atoms with Gasteiger partial charge in [-0.3, -0.25) is 4.79 Å². The van der Waals surface area contributed by atoms with E-state index in [0.29, 0.717) is 19.4 Å². The van der Waals surface area contributed by atoms with Crippen LogP contribution in [0.15, 0.2) is 60.7 Å². The van der Waals surface area contributed by atoms with Gasteiger partial charge in [0.1, 0.15) is 12.1 Å². The molecule has 1 heterocycles. The van der Waals surface area contributed by atoms with Gasteiger partial charge in [-0.05, 0) is 24.0 Å². The number of sulfonamides is 1. The largest absolute Gasteiger partial charge is 0.467 e. The molecule has 1 aliphatic rings. The summed E-state index contributed by atoms with van der Waals surface area (Å²) < 4.78 is 31.8. The summed E-state index contributed by atoms with van der Waals surface area (Å²) in [4.78, 5) is 27.3. The van der Waals surface area contributed by atoms with Crippen molar-refractivity contribution in [3.05, 3.63) is 71.8 Å². The van der Waals surface area contributed by atoms with E-state index >= 15 is 0 Å². The van der Waals surface area contributed by atoms with Crippen molar-refractivity contribution in [2.24, 2.45) is 0 Å². The predicted octanol–water partition coefficient (Wildman–Crippen LogP) is 1.90. The molecule has 0 unspecified atom stereocenters. The molecular weight excluding hydrogens is 404 g/mol. The Morgan fingerprint density at radius 2 is 1.57 bits per heavy atom. The van der Waals surface area contributed by atoms with E-state index < -0.39 is 39.9 Å². The van der Waals surface area contributed by atoms with Gasteiger partial charge in [-0.1, -0.05) is 60.7 Å². The van der Waals surface area contributed by atoms with Crippen LogP contribution in [0.3, 0.4) is 0 Å². The van der Waals surface area contributed by atoms with Crippen molar-refractivity contribution < 1.29 is 22.7 Å². The summed E-state index contributed by atoms with van der Waals surface area (Å²) >= 11 is 0. The molecule has 2 aromatic rings. The minimum atomic E-state index is -3.72. The maximum absolute atomic E-state index is 13.6. The number of hydrogen-bond acceptors (Lipinski definition) is 5. The van der Waals surface area contributed by atoms with E-state index in [-0.39, 0.29) is 0 Å². The Kier molecular flexibility index (Phi) is 6.89. The number of amides is 1. The van der Waals surface area contributed by atoms with Gasteiger partial charge in [-0.25, -0.2) is 17.9 Å². The molecule has 0 aromatic heterocycles. The molecule has 0 bridgehead atoms. The highest BCUT2D eigenvalue weighted by Crippen LogP contribution is 2.31. The smallest absolute Gasteiger partial charge is 0.328 e. The van der Waals surface area contributed by atoms with Crippen molar-refractivity contribution in [2.45, 2.75) is 30.8 Å². The third-order valence-corrected chi connectivity index (χ3v) is 5.95.